The summed E-state index contributed by atoms with van der Waals surface area (Å²) >= 11 is 0. The Bertz CT molecular complexity index is 328. The molecule has 2 bridgehead atoms. The molecule has 102 valence electrons. The fourth-order valence-electron chi connectivity index (χ4n) is 4.14. The Morgan fingerprint density at radius 1 is 1.28 bits per heavy atom. The fourth-order valence-corrected chi connectivity index (χ4v) is 4.14. The first-order chi connectivity index (χ1) is 8.65. The van der Waals surface area contributed by atoms with E-state index in [-0.39, 0.29) is 6.10 Å². The van der Waals surface area contributed by atoms with Crippen molar-refractivity contribution in [2.24, 2.45) is 17.8 Å². The van der Waals surface area contributed by atoms with Crippen molar-refractivity contribution in [2.45, 2.75) is 51.7 Å². The van der Waals surface area contributed by atoms with Crippen LogP contribution in [0.1, 0.15) is 39.5 Å². The minimum absolute atomic E-state index is 0.148. The highest BCUT2D eigenvalue weighted by molar-refractivity contribution is 5.86. The lowest BCUT2D eigenvalue weighted by molar-refractivity contribution is -0.142. The van der Waals surface area contributed by atoms with Gasteiger partial charge in [0.1, 0.15) is 6.10 Å². The molecule has 3 rings (SSSR count). The minimum Gasteiger partial charge on any atom is -0.368 e. The number of ether oxygens (including phenoxy) is 1. The topological polar surface area (TPSA) is 29.5 Å². The van der Waals surface area contributed by atoms with E-state index in [0.29, 0.717) is 23.7 Å². The third kappa shape index (κ3) is 2.23. The summed E-state index contributed by atoms with van der Waals surface area (Å²) in [4.78, 5) is 15.0. The van der Waals surface area contributed by atoms with Gasteiger partial charge in [0.15, 0.2) is 5.78 Å². The zero-order valence-corrected chi connectivity index (χ0v) is 11.6. The van der Waals surface area contributed by atoms with Crippen molar-refractivity contribution in [2.75, 3.05) is 19.7 Å². The van der Waals surface area contributed by atoms with Gasteiger partial charge in [-0.3, -0.25) is 9.69 Å². The van der Waals surface area contributed by atoms with Crippen LogP contribution in [0.5, 0.6) is 0 Å². The smallest absolute Gasteiger partial charge is 0.166 e. The Morgan fingerprint density at radius 2 is 2.11 bits per heavy atom. The molecule has 0 N–H and O–H groups in total. The molecular weight excluding hydrogens is 226 g/mol. The van der Waals surface area contributed by atoms with Crippen LogP contribution in [0.25, 0.3) is 0 Å². The first-order valence-electron chi connectivity index (χ1n) is 7.54. The Hall–Kier alpha value is -0.410. The molecular formula is C15H25NO2. The van der Waals surface area contributed by atoms with Gasteiger partial charge in [-0.05, 0) is 44.9 Å². The molecule has 3 heteroatoms. The number of carbonyl (C=O) groups is 1. The number of rotatable bonds is 3. The van der Waals surface area contributed by atoms with Gasteiger partial charge in [-0.1, -0.05) is 6.42 Å². The Morgan fingerprint density at radius 3 is 2.72 bits per heavy atom. The molecule has 0 aromatic heterocycles. The van der Waals surface area contributed by atoms with Crippen molar-refractivity contribution < 1.29 is 9.53 Å². The number of ketones is 1. The lowest BCUT2D eigenvalue weighted by Gasteiger charge is -2.36. The van der Waals surface area contributed by atoms with Crippen molar-refractivity contribution in [3.8, 4) is 0 Å². The van der Waals surface area contributed by atoms with E-state index in [1.807, 2.05) is 0 Å². The number of hydrogen-bond acceptors (Lipinski definition) is 3. The average Bonchev–Trinajstić information content (AvgIpc) is 3.00. The molecule has 1 heterocycles. The highest BCUT2D eigenvalue weighted by Gasteiger charge is 2.45. The maximum Gasteiger partial charge on any atom is 0.166 e. The Balaban J connectivity index is 1.62. The van der Waals surface area contributed by atoms with Crippen molar-refractivity contribution in [1.29, 1.82) is 0 Å². The molecule has 1 saturated heterocycles. The van der Waals surface area contributed by atoms with Gasteiger partial charge in [-0.2, -0.15) is 0 Å². The third-order valence-corrected chi connectivity index (χ3v) is 5.25. The Labute approximate surface area is 110 Å². The van der Waals surface area contributed by atoms with E-state index in [1.54, 1.807) is 0 Å². The van der Waals surface area contributed by atoms with Gasteiger partial charge < -0.3 is 4.74 Å². The van der Waals surface area contributed by atoms with E-state index in [0.717, 1.165) is 32.0 Å². The highest BCUT2D eigenvalue weighted by Crippen LogP contribution is 2.49. The van der Waals surface area contributed by atoms with Gasteiger partial charge in [0.25, 0.3) is 0 Å². The summed E-state index contributed by atoms with van der Waals surface area (Å²) in [7, 11) is 0. The number of hydrogen-bond donors (Lipinski definition) is 0. The molecule has 4 unspecified atom stereocenters. The molecule has 0 aromatic carbocycles. The van der Waals surface area contributed by atoms with Crippen LogP contribution in [-0.2, 0) is 9.53 Å². The van der Waals surface area contributed by atoms with Crippen LogP contribution in [0, 0.1) is 17.8 Å². The van der Waals surface area contributed by atoms with Crippen LogP contribution in [0.2, 0.25) is 0 Å². The van der Waals surface area contributed by atoms with Gasteiger partial charge in [-0.15, -0.1) is 0 Å². The lowest BCUT2D eigenvalue weighted by Crippen LogP contribution is -2.50. The van der Waals surface area contributed by atoms with Crippen LogP contribution in [0.3, 0.4) is 0 Å². The summed E-state index contributed by atoms with van der Waals surface area (Å²) in [5.41, 5.74) is 0. The van der Waals surface area contributed by atoms with Crippen LogP contribution in [0.4, 0.5) is 0 Å². The largest absolute Gasteiger partial charge is 0.368 e. The summed E-state index contributed by atoms with van der Waals surface area (Å²) in [5.74, 6) is 2.25. The second-order valence-electron chi connectivity index (χ2n) is 6.63. The summed E-state index contributed by atoms with van der Waals surface area (Å²) in [5, 5.41) is 0. The molecule has 2 saturated carbocycles. The van der Waals surface area contributed by atoms with Gasteiger partial charge in [0.05, 0.1) is 6.61 Å². The molecule has 3 fully saturated rings. The third-order valence-electron chi connectivity index (χ3n) is 5.25. The zero-order valence-electron chi connectivity index (χ0n) is 11.6. The predicted octanol–water partition coefficient (Wildman–Crippen LogP) is 2.10. The van der Waals surface area contributed by atoms with E-state index in [1.165, 1.54) is 19.3 Å². The number of Topliss-reactive ketones (excluding diaryl/α,β-unsaturated/α-hetero) is 1. The van der Waals surface area contributed by atoms with E-state index in [2.05, 4.69) is 18.7 Å². The number of carbonyl (C=O) groups excluding carboxylic acids is 1. The Kier molecular flexibility index (Phi) is 3.46. The minimum atomic E-state index is -0.148. The fraction of sp³-hybridized carbons (Fsp3) is 0.933. The molecule has 0 spiro atoms. The van der Waals surface area contributed by atoms with E-state index >= 15 is 0 Å². The van der Waals surface area contributed by atoms with Crippen molar-refractivity contribution in [3.63, 3.8) is 0 Å². The van der Waals surface area contributed by atoms with E-state index in [4.69, 9.17) is 4.74 Å². The number of morpholine rings is 1. The van der Waals surface area contributed by atoms with E-state index in [9.17, 15) is 4.79 Å². The molecule has 1 aliphatic heterocycles. The number of fused-ring (bicyclic) bond motifs is 2. The summed E-state index contributed by atoms with van der Waals surface area (Å²) in [6.45, 7) is 6.90. The molecule has 4 atom stereocenters. The molecule has 3 nitrogen and oxygen atoms in total. The zero-order chi connectivity index (χ0) is 12.7. The SMILES string of the molecule is CC(C)N1CCOC(C(=O)C2CC3CCC2C3)C1. The summed E-state index contributed by atoms with van der Waals surface area (Å²) < 4.78 is 5.75. The van der Waals surface area contributed by atoms with Crippen LogP contribution in [0.15, 0.2) is 0 Å². The first-order valence-corrected chi connectivity index (χ1v) is 7.54. The molecule has 18 heavy (non-hydrogen) atoms. The summed E-state index contributed by atoms with van der Waals surface area (Å²) in [6, 6.07) is 0.518. The van der Waals surface area contributed by atoms with E-state index < -0.39 is 0 Å². The van der Waals surface area contributed by atoms with Crippen LogP contribution >= 0.6 is 0 Å². The molecule has 0 aromatic rings. The first kappa shape index (κ1) is 12.6. The number of nitrogens with zero attached hydrogens (tertiary/aromatic N) is 1. The average molecular weight is 251 g/mol. The van der Waals surface area contributed by atoms with Crippen molar-refractivity contribution in [3.05, 3.63) is 0 Å². The summed E-state index contributed by atoms with van der Waals surface area (Å²) in [6.07, 6.45) is 4.94. The van der Waals surface area contributed by atoms with Gasteiger partial charge >= 0.3 is 0 Å². The standard InChI is InChI=1S/C15H25NO2/c1-10(2)16-5-6-18-14(9-16)15(17)13-8-11-3-4-12(13)7-11/h10-14H,3-9H2,1-2H3. The highest BCUT2D eigenvalue weighted by atomic mass is 16.5. The molecule has 0 amide bonds. The van der Waals surface area contributed by atoms with Crippen LogP contribution in [-0.4, -0.2) is 42.5 Å². The second-order valence-corrected chi connectivity index (χ2v) is 6.63. The normalized spacial score (nSPS) is 40.6. The van der Waals surface area contributed by atoms with Crippen molar-refractivity contribution >= 4 is 5.78 Å². The van der Waals surface area contributed by atoms with Crippen molar-refractivity contribution in [1.82, 2.24) is 4.90 Å². The van der Waals surface area contributed by atoms with Gasteiger partial charge in [0, 0.05) is 25.0 Å². The van der Waals surface area contributed by atoms with Crippen LogP contribution < -0.4 is 0 Å². The maximum atomic E-state index is 12.6. The predicted molar refractivity (Wildman–Crippen MR) is 70.4 cm³/mol. The molecule has 0 radical (unpaired) electrons. The van der Waals surface area contributed by atoms with Gasteiger partial charge in [0.2, 0.25) is 0 Å². The second kappa shape index (κ2) is 4.93. The lowest BCUT2D eigenvalue weighted by atomic mass is 9.83. The quantitative estimate of drug-likeness (QED) is 0.769. The molecule has 2 aliphatic carbocycles. The van der Waals surface area contributed by atoms with Gasteiger partial charge in [-0.25, -0.2) is 0 Å². The maximum absolute atomic E-state index is 12.6. The molecule has 3 aliphatic rings. The monoisotopic (exact) mass is 251 g/mol.